The topological polar surface area (TPSA) is 38.1 Å². The fourth-order valence-corrected chi connectivity index (χ4v) is 3.25. The second kappa shape index (κ2) is 4.81. The molecule has 96 valence electrons. The van der Waals surface area contributed by atoms with E-state index < -0.39 is 5.60 Å². The van der Waals surface area contributed by atoms with Crippen molar-refractivity contribution in [3.05, 3.63) is 17.5 Å². The highest BCUT2D eigenvalue weighted by atomic mass is 16.3. The van der Waals surface area contributed by atoms with Gasteiger partial charge in [0.05, 0.1) is 11.3 Å². The summed E-state index contributed by atoms with van der Waals surface area (Å²) in [5.74, 6) is 0.450. The molecule has 1 aromatic heterocycles. The van der Waals surface area contributed by atoms with Gasteiger partial charge in [-0.05, 0) is 31.7 Å². The highest BCUT2D eigenvalue weighted by molar-refractivity contribution is 5.12. The molecule has 3 nitrogen and oxygen atoms in total. The molecule has 1 saturated carbocycles. The highest BCUT2D eigenvalue weighted by Crippen LogP contribution is 2.38. The molecule has 0 bridgehead atoms. The van der Waals surface area contributed by atoms with Crippen molar-refractivity contribution in [2.75, 3.05) is 0 Å². The van der Waals surface area contributed by atoms with E-state index in [4.69, 9.17) is 0 Å². The van der Waals surface area contributed by atoms with Gasteiger partial charge >= 0.3 is 0 Å². The maximum Gasteiger partial charge on any atom is 0.0730 e. The third kappa shape index (κ3) is 2.54. The van der Waals surface area contributed by atoms with Crippen molar-refractivity contribution in [3.63, 3.8) is 0 Å². The van der Waals surface area contributed by atoms with Gasteiger partial charge in [0.2, 0.25) is 0 Å². The van der Waals surface area contributed by atoms with Crippen LogP contribution in [0.1, 0.15) is 50.4 Å². The molecular formula is C14H24N2O. The molecule has 0 saturated heterocycles. The molecule has 2 rings (SSSR count). The molecule has 1 aliphatic carbocycles. The normalized spacial score (nSPS) is 29.5. The lowest BCUT2D eigenvalue weighted by Gasteiger charge is -2.39. The summed E-state index contributed by atoms with van der Waals surface area (Å²) in [6.07, 6.45) is 6.37. The summed E-state index contributed by atoms with van der Waals surface area (Å²) in [5, 5.41) is 15.2. The highest BCUT2D eigenvalue weighted by Gasteiger charge is 2.38. The van der Waals surface area contributed by atoms with Crippen LogP contribution in [0.5, 0.6) is 0 Å². The van der Waals surface area contributed by atoms with Crippen molar-refractivity contribution >= 4 is 0 Å². The summed E-state index contributed by atoms with van der Waals surface area (Å²) in [4.78, 5) is 0. The molecule has 1 fully saturated rings. The zero-order valence-electron chi connectivity index (χ0n) is 11.2. The molecule has 0 aromatic carbocycles. The number of aromatic nitrogens is 2. The van der Waals surface area contributed by atoms with Crippen molar-refractivity contribution in [3.8, 4) is 0 Å². The number of hydrogen-bond acceptors (Lipinski definition) is 2. The second-order valence-electron chi connectivity index (χ2n) is 5.53. The summed E-state index contributed by atoms with van der Waals surface area (Å²) >= 11 is 0. The standard InChI is InChI=1S/C14H24N2O/c1-4-12-7-5-6-8-14(12,17)10-13-9-11(2)15-16(13)3/h9,12,17H,4-8,10H2,1-3H3. The smallest absolute Gasteiger partial charge is 0.0730 e. The van der Waals surface area contributed by atoms with E-state index in [1.807, 2.05) is 18.7 Å². The van der Waals surface area contributed by atoms with E-state index >= 15 is 0 Å². The predicted octanol–water partition coefficient (Wildman–Crippen LogP) is 2.60. The van der Waals surface area contributed by atoms with E-state index in [0.29, 0.717) is 5.92 Å². The van der Waals surface area contributed by atoms with Crippen molar-refractivity contribution in [1.29, 1.82) is 0 Å². The molecule has 1 N–H and O–H groups in total. The van der Waals surface area contributed by atoms with Crippen LogP contribution in [-0.4, -0.2) is 20.5 Å². The fourth-order valence-electron chi connectivity index (χ4n) is 3.25. The molecule has 1 aromatic rings. The Balaban J connectivity index is 2.17. The first-order chi connectivity index (χ1) is 8.05. The van der Waals surface area contributed by atoms with Crippen LogP contribution in [0.25, 0.3) is 0 Å². The van der Waals surface area contributed by atoms with Crippen molar-refractivity contribution < 1.29 is 5.11 Å². The number of rotatable bonds is 3. The van der Waals surface area contributed by atoms with Gasteiger partial charge in [-0.2, -0.15) is 5.10 Å². The zero-order valence-corrected chi connectivity index (χ0v) is 11.2. The third-order valence-electron chi connectivity index (χ3n) is 4.25. The maximum absolute atomic E-state index is 10.9. The van der Waals surface area contributed by atoms with Crippen LogP contribution in [0.2, 0.25) is 0 Å². The Morgan fingerprint density at radius 2 is 2.29 bits per heavy atom. The van der Waals surface area contributed by atoms with Gasteiger partial charge in [-0.15, -0.1) is 0 Å². The van der Waals surface area contributed by atoms with Crippen LogP contribution in [-0.2, 0) is 13.5 Å². The van der Waals surface area contributed by atoms with Gasteiger partial charge in [-0.25, -0.2) is 0 Å². The molecule has 1 aliphatic rings. The van der Waals surface area contributed by atoms with Gasteiger partial charge in [0, 0.05) is 19.2 Å². The number of aliphatic hydroxyl groups is 1. The van der Waals surface area contributed by atoms with Crippen LogP contribution in [0.4, 0.5) is 0 Å². The van der Waals surface area contributed by atoms with E-state index in [2.05, 4.69) is 18.1 Å². The van der Waals surface area contributed by atoms with Gasteiger partial charge in [-0.3, -0.25) is 4.68 Å². The fraction of sp³-hybridized carbons (Fsp3) is 0.786. The molecule has 0 spiro atoms. The van der Waals surface area contributed by atoms with Crippen LogP contribution in [0.3, 0.4) is 0 Å². The van der Waals surface area contributed by atoms with Crippen LogP contribution >= 0.6 is 0 Å². The number of nitrogens with zero attached hydrogens (tertiary/aromatic N) is 2. The largest absolute Gasteiger partial charge is 0.389 e. The third-order valence-corrected chi connectivity index (χ3v) is 4.25. The van der Waals surface area contributed by atoms with E-state index in [0.717, 1.165) is 37.1 Å². The van der Waals surface area contributed by atoms with Gasteiger partial charge in [0.1, 0.15) is 0 Å². The molecule has 2 unspecified atom stereocenters. The van der Waals surface area contributed by atoms with Gasteiger partial charge in [-0.1, -0.05) is 26.2 Å². The van der Waals surface area contributed by atoms with Crippen molar-refractivity contribution in [2.45, 2.75) is 58.0 Å². The van der Waals surface area contributed by atoms with Gasteiger partial charge < -0.3 is 5.11 Å². The minimum atomic E-state index is -0.507. The molecule has 0 amide bonds. The molecule has 2 atom stereocenters. The van der Waals surface area contributed by atoms with Crippen LogP contribution in [0.15, 0.2) is 6.07 Å². The molecule has 1 heterocycles. The van der Waals surface area contributed by atoms with E-state index in [1.54, 1.807) is 0 Å². The lowest BCUT2D eigenvalue weighted by Crippen LogP contribution is -2.42. The molecule has 3 heteroatoms. The summed E-state index contributed by atoms with van der Waals surface area (Å²) < 4.78 is 1.91. The first-order valence-electron chi connectivity index (χ1n) is 6.77. The predicted molar refractivity (Wildman–Crippen MR) is 68.8 cm³/mol. The SMILES string of the molecule is CCC1CCCCC1(O)Cc1cc(C)nn1C. The van der Waals surface area contributed by atoms with Crippen molar-refractivity contribution in [2.24, 2.45) is 13.0 Å². The van der Waals surface area contributed by atoms with Crippen LogP contribution in [0, 0.1) is 12.8 Å². The average molecular weight is 236 g/mol. The van der Waals surface area contributed by atoms with Crippen LogP contribution < -0.4 is 0 Å². The Kier molecular flexibility index (Phi) is 3.57. The summed E-state index contributed by atoms with van der Waals surface area (Å²) in [6, 6.07) is 2.10. The Bertz CT molecular complexity index is 386. The maximum atomic E-state index is 10.9. The number of hydrogen-bond donors (Lipinski definition) is 1. The number of aryl methyl sites for hydroxylation is 2. The minimum absolute atomic E-state index is 0.450. The molecule has 0 radical (unpaired) electrons. The van der Waals surface area contributed by atoms with Gasteiger partial charge in [0.15, 0.2) is 0 Å². The quantitative estimate of drug-likeness (QED) is 0.876. The Morgan fingerprint density at radius 1 is 1.53 bits per heavy atom. The van der Waals surface area contributed by atoms with E-state index in [-0.39, 0.29) is 0 Å². The van der Waals surface area contributed by atoms with E-state index in [1.165, 1.54) is 12.8 Å². The summed E-state index contributed by atoms with van der Waals surface area (Å²) in [7, 11) is 1.97. The monoisotopic (exact) mass is 236 g/mol. The Hall–Kier alpha value is -0.830. The summed E-state index contributed by atoms with van der Waals surface area (Å²) in [5.41, 5.74) is 1.69. The zero-order chi connectivity index (χ0) is 12.5. The van der Waals surface area contributed by atoms with E-state index in [9.17, 15) is 5.11 Å². The molecule has 0 aliphatic heterocycles. The lowest BCUT2D eigenvalue weighted by molar-refractivity contribution is -0.0503. The summed E-state index contributed by atoms with van der Waals surface area (Å²) in [6.45, 7) is 4.20. The van der Waals surface area contributed by atoms with Crippen molar-refractivity contribution in [1.82, 2.24) is 9.78 Å². The molecular weight excluding hydrogens is 212 g/mol. The minimum Gasteiger partial charge on any atom is -0.389 e. The first kappa shape index (κ1) is 12.6. The van der Waals surface area contributed by atoms with Gasteiger partial charge in [0.25, 0.3) is 0 Å². The Morgan fingerprint density at radius 3 is 2.88 bits per heavy atom. The lowest BCUT2D eigenvalue weighted by atomic mass is 9.72. The molecule has 17 heavy (non-hydrogen) atoms. The second-order valence-corrected chi connectivity index (χ2v) is 5.53. The Labute approximate surface area is 104 Å². The average Bonchev–Trinajstić information content (AvgIpc) is 2.57. The first-order valence-corrected chi connectivity index (χ1v) is 6.77.